The zero-order chi connectivity index (χ0) is 14.5. The van der Waals surface area contributed by atoms with Crippen LogP contribution in [-0.2, 0) is 11.2 Å². The summed E-state index contributed by atoms with van der Waals surface area (Å²) in [6.07, 6.45) is 3.19. The van der Waals surface area contributed by atoms with Crippen LogP contribution in [0.5, 0.6) is 5.75 Å². The van der Waals surface area contributed by atoms with Crippen LogP contribution in [0, 0.1) is 16.0 Å². The van der Waals surface area contributed by atoms with Gasteiger partial charge in [0.2, 0.25) is 6.04 Å². The molecule has 5 heteroatoms. The summed E-state index contributed by atoms with van der Waals surface area (Å²) in [6.45, 7) is 0. The fraction of sp³-hybridized carbons (Fsp3) is 0.533. The average molecular weight is 277 g/mol. The van der Waals surface area contributed by atoms with Gasteiger partial charge in [-0.1, -0.05) is 18.6 Å². The van der Waals surface area contributed by atoms with Crippen LogP contribution in [0.3, 0.4) is 0 Å². The lowest BCUT2D eigenvalue weighted by Gasteiger charge is -2.23. The number of carbonyl (C=O) groups is 1. The predicted octanol–water partition coefficient (Wildman–Crippen LogP) is 2.64. The Kier molecular flexibility index (Phi) is 4.71. The highest BCUT2D eigenvalue weighted by Gasteiger charge is 2.37. The van der Waals surface area contributed by atoms with Crippen molar-refractivity contribution in [2.75, 3.05) is 7.11 Å². The molecule has 1 fully saturated rings. The molecular formula is C15H19NO4. The van der Waals surface area contributed by atoms with Crippen LogP contribution in [0.4, 0.5) is 0 Å². The van der Waals surface area contributed by atoms with Crippen molar-refractivity contribution in [2.24, 2.45) is 5.92 Å². The first-order chi connectivity index (χ1) is 9.61. The van der Waals surface area contributed by atoms with Gasteiger partial charge in [0.15, 0.2) is 0 Å². The van der Waals surface area contributed by atoms with Gasteiger partial charge in [-0.15, -0.1) is 0 Å². The van der Waals surface area contributed by atoms with Crippen molar-refractivity contribution in [1.82, 2.24) is 0 Å². The lowest BCUT2D eigenvalue weighted by atomic mass is 9.81. The smallest absolute Gasteiger partial charge is 0.226 e. The number of rotatable bonds is 5. The van der Waals surface area contributed by atoms with E-state index in [-0.39, 0.29) is 10.7 Å². The van der Waals surface area contributed by atoms with Crippen LogP contribution >= 0.6 is 0 Å². The van der Waals surface area contributed by atoms with Gasteiger partial charge in [0.25, 0.3) is 0 Å². The number of nitro groups is 1. The molecule has 0 radical (unpaired) electrons. The number of ketones is 1. The topological polar surface area (TPSA) is 69.4 Å². The van der Waals surface area contributed by atoms with E-state index in [1.165, 1.54) is 0 Å². The molecule has 20 heavy (non-hydrogen) atoms. The minimum Gasteiger partial charge on any atom is -0.497 e. The van der Waals surface area contributed by atoms with Crippen molar-refractivity contribution in [3.63, 3.8) is 0 Å². The monoisotopic (exact) mass is 277 g/mol. The van der Waals surface area contributed by atoms with Crippen LogP contribution in [0.15, 0.2) is 24.3 Å². The first-order valence-electron chi connectivity index (χ1n) is 6.91. The van der Waals surface area contributed by atoms with Gasteiger partial charge in [0, 0.05) is 17.8 Å². The standard InChI is InChI=1S/C15H19NO4/c1-20-12-8-6-11(7-9-12)10-14(16(18)19)13-4-2-3-5-15(13)17/h6-9,13-14H,2-5,10H2,1H3/t13-,14-/m0/s1. The maximum atomic E-state index is 11.9. The Bertz CT molecular complexity index is 483. The van der Waals surface area contributed by atoms with Crippen molar-refractivity contribution in [3.05, 3.63) is 39.9 Å². The Labute approximate surface area is 118 Å². The molecule has 5 nitrogen and oxygen atoms in total. The van der Waals surface area contributed by atoms with Gasteiger partial charge < -0.3 is 4.74 Å². The minimum absolute atomic E-state index is 0.0476. The third-order valence-corrected chi connectivity index (χ3v) is 3.94. The molecule has 0 unspecified atom stereocenters. The number of methoxy groups -OCH3 is 1. The van der Waals surface area contributed by atoms with Crippen LogP contribution in [-0.4, -0.2) is 23.9 Å². The number of carbonyl (C=O) groups excluding carboxylic acids is 1. The van der Waals surface area contributed by atoms with E-state index in [0.29, 0.717) is 19.3 Å². The van der Waals surface area contributed by atoms with E-state index in [0.717, 1.165) is 24.2 Å². The molecule has 108 valence electrons. The van der Waals surface area contributed by atoms with Crippen molar-refractivity contribution in [3.8, 4) is 5.75 Å². The molecule has 1 aromatic carbocycles. The summed E-state index contributed by atoms with van der Waals surface area (Å²) in [6, 6.07) is 6.41. The summed E-state index contributed by atoms with van der Waals surface area (Å²) >= 11 is 0. The van der Waals surface area contributed by atoms with E-state index in [9.17, 15) is 14.9 Å². The van der Waals surface area contributed by atoms with Crippen molar-refractivity contribution >= 4 is 5.78 Å². The van der Waals surface area contributed by atoms with E-state index >= 15 is 0 Å². The highest BCUT2D eigenvalue weighted by Crippen LogP contribution is 2.27. The number of Topliss-reactive ketones (excluding diaryl/α,β-unsaturated/α-hetero) is 1. The summed E-state index contributed by atoms with van der Waals surface area (Å²) in [5.74, 6) is 0.340. The highest BCUT2D eigenvalue weighted by atomic mass is 16.6. The molecule has 2 atom stereocenters. The van der Waals surface area contributed by atoms with Gasteiger partial charge in [0.05, 0.1) is 13.0 Å². The van der Waals surface area contributed by atoms with Crippen LogP contribution < -0.4 is 4.74 Å². The number of hydrogen-bond acceptors (Lipinski definition) is 4. The second kappa shape index (κ2) is 6.50. The quantitative estimate of drug-likeness (QED) is 0.613. The Morgan fingerprint density at radius 3 is 2.60 bits per heavy atom. The minimum atomic E-state index is -0.809. The van der Waals surface area contributed by atoms with E-state index in [1.807, 2.05) is 12.1 Å². The van der Waals surface area contributed by atoms with Crippen molar-refractivity contribution in [1.29, 1.82) is 0 Å². The molecule has 1 aliphatic carbocycles. The Balaban J connectivity index is 2.12. The van der Waals surface area contributed by atoms with Gasteiger partial charge in [-0.05, 0) is 30.5 Å². The summed E-state index contributed by atoms with van der Waals surface area (Å²) < 4.78 is 5.07. The molecule has 1 saturated carbocycles. The SMILES string of the molecule is COc1ccc(C[C@@H]([C@@H]2CCCCC2=O)[N+](=O)[O-])cc1. The van der Waals surface area contributed by atoms with Crippen molar-refractivity contribution < 1.29 is 14.5 Å². The zero-order valence-electron chi connectivity index (χ0n) is 11.6. The fourth-order valence-corrected chi connectivity index (χ4v) is 2.78. The first kappa shape index (κ1) is 14.5. The molecule has 0 aromatic heterocycles. The molecule has 0 amide bonds. The third kappa shape index (κ3) is 3.35. The molecule has 2 rings (SSSR count). The Hall–Kier alpha value is -1.91. The molecule has 0 N–H and O–H groups in total. The summed E-state index contributed by atoms with van der Waals surface area (Å²) in [7, 11) is 1.58. The van der Waals surface area contributed by atoms with Gasteiger partial charge in [0.1, 0.15) is 11.5 Å². The molecule has 1 aromatic rings. The second-order valence-corrected chi connectivity index (χ2v) is 5.22. The molecular weight excluding hydrogens is 258 g/mol. The number of benzene rings is 1. The summed E-state index contributed by atoms with van der Waals surface area (Å²) in [5.41, 5.74) is 0.867. The van der Waals surface area contributed by atoms with E-state index in [2.05, 4.69) is 0 Å². The fourth-order valence-electron chi connectivity index (χ4n) is 2.78. The summed E-state index contributed by atoms with van der Waals surface area (Å²) in [4.78, 5) is 22.9. The van der Waals surface area contributed by atoms with E-state index in [4.69, 9.17) is 4.74 Å². The van der Waals surface area contributed by atoms with Crippen LogP contribution in [0.25, 0.3) is 0 Å². The van der Waals surface area contributed by atoms with Crippen molar-refractivity contribution in [2.45, 2.75) is 38.1 Å². The molecule has 1 aliphatic rings. The molecule has 0 heterocycles. The van der Waals surface area contributed by atoms with Gasteiger partial charge in [-0.2, -0.15) is 0 Å². The Morgan fingerprint density at radius 2 is 2.05 bits per heavy atom. The molecule has 0 saturated heterocycles. The molecule has 0 bridgehead atoms. The van der Waals surface area contributed by atoms with Gasteiger partial charge in [-0.3, -0.25) is 14.9 Å². The number of nitrogens with zero attached hydrogens (tertiary/aromatic N) is 1. The first-order valence-corrected chi connectivity index (χ1v) is 6.91. The van der Waals surface area contributed by atoms with Gasteiger partial charge >= 0.3 is 0 Å². The summed E-state index contributed by atoms with van der Waals surface area (Å²) in [5, 5.41) is 11.3. The lowest BCUT2D eigenvalue weighted by Crippen LogP contribution is -2.38. The van der Waals surface area contributed by atoms with Gasteiger partial charge in [-0.25, -0.2) is 0 Å². The number of ether oxygens (including phenoxy) is 1. The zero-order valence-corrected chi connectivity index (χ0v) is 11.6. The van der Waals surface area contributed by atoms with E-state index < -0.39 is 12.0 Å². The largest absolute Gasteiger partial charge is 0.497 e. The second-order valence-electron chi connectivity index (χ2n) is 5.22. The Morgan fingerprint density at radius 1 is 1.35 bits per heavy atom. The number of hydrogen-bond donors (Lipinski definition) is 0. The average Bonchev–Trinajstić information content (AvgIpc) is 2.46. The molecule has 0 spiro atoms. The predicted molar refractivity (Wildman–Crippen MR) is 74.4 cm³/mol. The van der Waals surface area contributed by atoms with Crippen LogP contribution in [0.2, 0.25) is 0 Å². The molecule has 0 aliphatic heterocycles. The van der Waals surface area contributed by atoms with E-state index in [1.54, 1.807) is 19.2 Å². The third-order valence-electron chi connectivity index (χ3n) is 3.94. The maximum Gasteiger partial charge on any atom is 0.226 e. The normalized spacial score (nSPS) is 20.4. The maximum absolute atomic E-state index is 11.9. The lowest BCUT2D eigenvalue weighted by molar-refractivity contribution is -0.529. The highest BCUT2D eigenvalue weighted by molar-refractivity contribution is 5.82. The van der Waals surface area contributed by atoms with Crippen LogP contribution in [0.1, 0.15) is 31.2 Å².